The van der Waals surface area contributed by atoms with Gasteiger partial charge in [-0.1, -0.05) is 42.5 Å². The van der Waals surface area contributed by atoms with Crippen molar-refractivity contribution in [2.24, 2.45) is 0 Å². The van der Waals surface area contributed by atoms with E-state index in [1.807, 2.05) is 0 Å². The molecule has 5 rings (SSSR count). The first-order valence-corrected chi connectivity index (χ1v) is 12.9. The Morgan fingerprint density at radius 3 is 2.32 bits per heavy atom. The first kappa shape index (κ1) is 28.9. The molecule has 4 heterocycles. The van der Waals surface area contributed by atoms with Crippen LogP contribution in [0.15, 0.2) is 53.0 Å². The lowest BCUT2D eigenvalue weighted by Crippen LogP contribution is -2.54. The Morgan fingerprint density at radius 2 is 1.68 bits per heavy atom. The maximum atomic E-state index is 14.9. The van der Waals surface area contributed by atoms with Gasteiger partial charge in [0.15, 0.2) is 12.2 Å². The highest BCUT2D eigenvalue weighted by molar-refractivity contribution is 5.68. The van der Waals surface area contributed by atoms with Crippen LogP contribution in [0.5, 0.6) is 5.88 Å². The third-order valence-corrected chi connectivity index (χ3v) is 6.96. The van der Waals surface area contributed by atoms with E-state index in [4.69, 9.17) is 13.9 Å². The van der Waals surface area contributed by atoms with Crippen LogP contribution in [0.1, 0.15) is 57.6 Å². The molecule has 3 aromatic rings. The standard InChI is InChI=1S/C28H29F6N4O3/c1-24(2,3)35-19-14-18(27(29,30)31)22-38-20(19)21-36-37-23(41-21)26(28(32,33)34,40-15-17-10-6-5-7-11-17)13-9-8-12-25(38,4)16-39-22/h5-11,14,35H,12-13,15-16H2,1-4H3/q+1/b9-8+. The number of allylic oxidation sites excluding steroid dienone is 1. The van der Waals surface area contributed by atoms with E-state index in [9.17, 15) is 26.3 Å². The number of nitrogens with zero attached hydrogens (tertiary/aromatic N) is 3. The molecule has 13 heteroatoms. The van der Waals surface area contributed by atoms with E-state index in [1.54, 1.807) is 58.0 Å². The van der Waals surface area contributed by atoms with Gasteiger partial charge in [0.1, 0.15) is 5.69 Å². The summed E-state index contributed by atoms with van der Waals surface area (Å²) in [6.45, 7) is 6.30. The highest BCUT2D eigenvalue weighted by Crippen LogP contribution is 2.48. The second-order valence-corrected chi connectivity index (χ2v) is 11.5. The Labute approximate surface area is 232 Å². The molecule has 0 aliphatic carbocycles. The van der Waals surface area contributed by atoms with Gasteiger partial charge in [-0.3, -0.25) is 0 Å². The Balaban J connectivity index is 1.76. The van der Waals surface area contributed by atoms with Crippen molar-refractivity contribution in [1.29, 1.82) is 0 Å². The van der Waals surface area contributed by atoms with Crippen molar-refractivity contribution >= 4 is 5.69 Å². The summed E-state index contributed by atoms with van der Waals surface area (Å²) in [4.78, 5) is 0. The molecule has 2 atom stereocenters. The first-order valence-electron chi connectivity index (χ1n) is 12.9. The molecule has 41 heavy (non-hydrogen) atoms. The number of halogens is 6. The van der Waals surface area contributed by atoms with Gasteiger partial charge in [-0.25, -0.2) is 0 Å². The quantitative estimate of drug-likeness (QED) is 0.210. The van der Waals surface area contributed by atoms with Gasteiger partial charge in [-0.05, 0) is 32.4 Å². The molecule has 0 radical (unpaired) electrons. The van der Waals surface area contributed by atoms with E-state index in [0.717, 1.165) is 6.07 Å². The number of nitrogens with one attached hydrogen (secondary N) is 1. The summed E-state index contributed by atoms with van der Waals surface area (Å²) in [6, 6.07) is 9.18. The lowest BCUT2D eigenvalue weighted by atomic mass is 9.94. The lowest BCUT2D eigenvalue weighted by Gasteiger charge is -2.31. The summed E-state index contributed by atoms with van der Waals surface area (Å²) in [7, 11) is 0. The predicted molar refractivity (Wildman–Crippen MR) is 135 cm³/mol. The number of pyridine rings is 1. The summed E-state index contributed by atoms with van der Waals surface area (Å²) < 4.78 is 106. The smallest absolute Gasteiger partial charge is 0.426 e. The van der Waals surface area contributed by atoms with Gasteiger partial charge in [0, 0.05) is 25.3 Å². The van der Waals surface area contributed by atoms with Crippen LogP contribution < -0.4 is 14.6 Å². The van der Waals surface area contributed by atoms with Crippen molar-refractivity contribution in [1.82, 2.24) is 10.2 Å². The van der Waals surface area contributed by atoms with Crippen LogP contribution in [-0.2, 0) is 28.7 Å². The molecule has 0 fully saturated rings. The van der Waals surface area contributed by atoms with Crippen molar-refractivity contribution in [3.8, 4) is 17.5 Å². The van der Waals surface area contributed by atoms with Gasteiger partial charge < -0.3 is 19.2 Å². The van der Waals surface area contributed by atoms with Crippen LogP contribution in [0.3, 0.4) is 0 Å². The van der Waals surface area contributed by atoms with E-state index in [1.165, 1.54) is 16.7 Å². The fourth-order valence-electron chi connectivity index (χ4n) is 5.00. The highest BCUT2D eigenvalue weighted by Gasteiger charge is 2.62. The molecule has 1 N–H and O–H groups in total. The first-order chi connectivity index (χ1) is 19.0. The van der Waals surface area contributed by atoms with Crippen LogP contribution in [0.25, 0.3) is 11.6 Å². The van der Waals surface area contributed by atoms with Gasteiger partial charge in [-0.2, -0.15) is 26.3 Å². The molecule has 2 aliphatic rings. The van der Waals surface area contributed by atoms with Crippen LogP contribution in [-0.4, -0.2) is 28.5 Å². The van der Waals surface area contributed by atoms with E-state index in [-0.39, 0.29) is 24.4 Å². The zero-order valence-electron chi connectivity index (χ0n) is 22.8. The van der Waals surface area contributed by atoms with Crippen LogP contribution in [0.2, 0.25) is 0 Å². The molecule has 0 saturated carbocycles. The summed E-state index contributed by atoms with van der Waals surface area (Å²) in [5.41, 5.74) is -5.48. The Kier molecular flexibility index (Phi) is 6.87. The van der Waals surface area contributed by atoms with Gasteiger partial charge in [-0.15, -0.1) is 14.8 Å². The molecule has 7 nitrogen and oxygen atoms in total. The molecule has 2 unspecified atom stereocenters. The Bertz CT molecular complexity index is 1460. The largest absolute Gasteiger partial charge is 0.436 e. The number of anilines is 1. The molecular formula is C28H29F6N4O3+. The summed E-state index contributed by atoms with van der Waals surface area (Å²) in [5, 5.41) is 10.7. The molecule has 2 aliphatic heterocycles. The Morgan fingerprint density at radius 1 is 1.00 bits per heavy atom. The second kappa shape index (κ2) is 9.74. The van der Waals surface area contributed by atoms with Crippen molar-refractivity contribution in [3.63, 3.8) is 0 Å². The molecule has 0 spiro atoms. The zero-order valence-corrected chi connectivity index (χ0v) is 22.8. The van der Waals surface area contributed by atoms with E-state index >= 15 is 0 Å². The molecule has 1 aromatic carbocycles. The van der Waals surface area contributed by atoms with Crippen molar-refractivity contribution < 1.29 is 44.8 Å². The van der Waals surface area contributed by atoms with Crippen LogP contribution in [0.4, 0.5) is 32.0 Å². The fourth-order valence-corrected chi connectivity index (χ4v) is 5.00. The SMILES string of the molecule is CC(C)(C)Nc1cc(C(F)(F)F)c2[n+]3c1-c1nnc(o1)C(OCc1ccccc1)(C(F)(F)F)C/C=C/CC3(C)CO2. The third kappa shape index (κ3) is 5.27. The van der Waals surface area contributed by atoms with E-state index < -0.39 is 65.3 Å². The van der Waals surface area contributed by atoms with Gasteiger partial charge in [0.2, 0.25) is 11.1 Å². The summed E-state index contributed by atoms with van der Waals surface area (Å²) in [5.74, 6) is -1.75. The minimum absolute atomic E-state index is 0.0175. The molecule has 0 saturated heterocycles. The monoisotopic (exact) mass is 583 g/mol. The maximum absolute atomic E-state index is 14.9. The number of fused-ring (bicyclic) bond motifs is 3. The number of alkyl halides is 6. The summed E-state index contributed by atoms with van der Waals surface area (Å²) >= 11 is 0. The fraction of sp³-hybridized carbons (Fsp3) is 0.464. The minimum Gasteiger partial charge on any atom is -0.436 e. The topological polar surface area (TPSA) is 73.3 Å². The van der Waals surface area contributed by atoms with Crippen molar-refractivity contribution in [3.05, 3.63) is 65.6 Å². The average molecular weight is 584 g/mol. The molecule has 2 aromatic heterocycles. The van der Waals surface area contributed by atoms with Crippen molar-refractivity contribution in [2.75, 3.05) is 11.9 Å². The minimum atomic E-state index is -4.98. The van der Waals surface area contributed by atoms with E-state index in [0.29, 0.717) is 5.56 Å². The molecule has 2 bridgehead atoms. The van der Waals surface area contributed by atoms with E-state index in [2.05, 4.69) is 15.5 Å². The van der Waals surface area contributed by atoms with Crippen LogP contribution >= 0.6 is 0 Å². The van der Waals surface area contributed by atoms with Gasteiger partial charge in [0.05, 0.1) is 6.61 Å². The lowest BCUT2D eigenvalue weighted by molar-refractivity contribution is -0.732. The zero-order chi connectivity index (χ0) is 29.8. The second-order valence-electron chi connectivity index (χ2n) is 11.5. The maximum Gasteiger partial charge on any atom is 0.426 e. The van der Waals surface area contributed by atoms with Gasteiger partial charge in [0.25, 0.3) is 11.6 Å². The van der Waals surface area contributed by atoms with Gasteiger partial charge >= 0.3 is 24.1 Å². The number of rotatable bonds is 4. The number of benzene rings is 1. The predicted octanol–water partition coefficient (Wildman–Crippen LogP) is 6.69. The molecule has 220 valence electrons. The number of hydrogen-bond acceptors (Lipinski definition) is 6. The number of hydrogen-bond donors (Lipinski definition) is 1. The molecular weight excluding hydrogens is 554 g/mol. The third-order valence-electron chi connectivity index (χ3n) is 6.96. The highest BCUT2D eigenvalue weighted by atomic mass is 19.4. The molecule has 0 amide bonds. The normalized spacial score (nSPS) is 23.4. The number of ether oxygens (including phenoxy) is 2. The van der Waals surface area contributed by atoms with Crippen molar-refractivity contribution in [2.45, 2.75) is 76.2 Å². The van der Waals surface area contributed by atoms with Crippen LogP contribution in [0, 0.1) is 0 Å². The summed E-state index contributed by atoms with van der Waals surface area (Å²) in [6.07, 6.45) is -7.65. The number of aromatic nitrogens is 3. The Hall–Kier alpha value is -3.61. The average Bonchev–Trinajstić information content (AvgIpc) is 3.47.